The van der Waals surface area contributed by atoms with Crippen molar-refractivity contribution in [2.75, 3.05) is 25.7 Å². The van der Waals surface area contributed by atoms with Crippen molar-refractivity contribution in [1.29, 1.82) is 0 Å². The number of nitro benzene ring substituents is 1. The summed E-state index contributed by atoms with van der Waals surface area (Å²) in [6, 6.07) is 18.5. The third kappa shape index (κ3) is 6.01. The smallest absolute Gasteiger partial charge is 0.414 e. The first-order valence-electron chi connectivity index (χ1n) is 13.1. The lowest BCUT2D eigenvalue weighted by molar-refractivity contribution is -0.384. The van der Waals surface area contributed by atoms with Crippen molar-refractivity contribution < 1.29 is 28.7 Å². The van der Waals surface area contributed by atoms with Gasteiger partial charge in [0.25, 0.3) is 5.69 Å². The Morgan fingerprint density at radius 2 is 1.65 bits per heavy atom. The minimum atomic E-state index is -0.478. The molecule has 2 atom stereocenters. The van der Waals surface area contributed by atoms with Gasteiger partial charge in [-0.1, -0.05) is 42.5 Å². The van der Waals surface area contributed by atoms with E-state index in [0.717, 1.165) is 11.1 Å². The molecule has 0 spiro atoms. The monoisotopic (exact) mass is 547 g/mol. The predicted molar refractivity (Wildman–Crippen MR) is 150 cm³/mol. The summed E-state index contributed by atoms with van der Waals surface area (Å²) in [7, 11) is 3.06. The van der Waals surface area contributed by atoms with Crippen molar-refractivity contribution in [2.45, 2.75) is 45.3 Å². The molecule has 4 rings (SSSR count). The molecule has 2 unspecified atom stereocenters. The molecule has 0 aliphatic carbocycles. The third-order valence-electron chi connectivity index (χ3n) is 7.02. The van der Waals surface area contributed by atoms with E-state index in [2.05, 4.69) is 0 Å². The fourth-order valence-electron chi connectivity index (χ4n) is 5.08. The molecule has 0 fully saturated rings. The highest BCUT2D eigenvalue weighted by molar-refractivity contribution is 5.91. The van der Waals surface area contributed by atoms with Gasteiger partial charge in [-0.2, -0.15) is 0 Å². The number of hydrogen-bond donors (Lipinski definition) is 0. The van der Waals surface area contributed by atoms with Gasteiger partial charge in [-0.25, -0.2) is 4.79 Å². The van der Waals surface area contributed by atoms with Crippen LogP contribution in [0.25, 0.3) is 0 Å². The molecule has 1 aliphatic heterocycles. The second kappa shape index (κ2) is 12.5. The molecular formula is C30H33N3O7. The van der Waals surface area contributed by atoms with E-state index in [-0.39, 0.29) is 30.7 Å². The van der Waals surface area contributed by atoms with Crippen LogP contribution in [-0.2, 0) is 22.5 Å². The zero-order valence-electron chi connectivity index (χ0n) is 23.0. The normalized spacial score (nSPS) is 16.1. The van der Waals surface area contributed by atoms with E-state index < -0.39 is 17.1 Å². The number of nitrogens with zero attached hydrogens (tertiary/aromatic N) is 3. The molecule has 0 bridgehead atoms. The summed E-state index contributed by atoms with van der Waals surface area (Å²) in [6.45, 7) is 4.23. The molecule has 0 aromatic heterocycles. The molecule has 1 heterocycles. The Hall–Kier alpha value is -4.60. The number of carbonyl (C=O) groups excluding carboxylic acids is 2. The Labute approximate surface area is 233 Å². The maximum Gasteiger partial charge on any atom is 0.414 e. The number of carbonyl (C=O) groups is 2. The molecule has 210 valence electrons. The van der Waals surface area contributed by atoms with Gasteiger partial charge in [-0.15, -0.1) is 0 Å². The van der Waals surface area contributed by atoms with Crippen molar-refractivity contribution in [2.24, 2.45) is 0 Å². The maximum atomic E-state index is 14.0. The van der Waals surface area contributed by atoms with Crippen LogP contribution in [0.1, 0.15) is 43.0 Å². The molecule has 10 heteroatoms. The van der Waals surface area contributed by atoms with Gasteiger partial charge in [-0.3, -0.25) is 19.8 Å². The Morgan fingerprint density at radius 3 is 2.25 bits per heavy atom. The highest BCUT2D eigenvalue weighted by Gasteiger charge is 2.40. The molecular weight excluding hydrogens is 514 g/mol. The molecule has 3 aromatic carbocycles. The number of anilines is 1. The third-order valence-corrected chi connectivity index (χ3v) is 7.02. The van der Waals surface area contributed by atoms with Gasteiger partial charge >= 0.3 is 6.09 Å². The van der Waals surface area contributed by atoms with Crippen molar-refractivity contribution in [3.8, 4) is 11.5 Å². The van der Waals surface area contributed by atoms with E-state index in [9.17, 15) is 19.7 Å². The number of hydrogen-bond acceptors (Lipinski definition) is 7. The van der Waals surface area contributed by atoms with E-state index in [4.69, 9.17) is 14.2 Å². The number of amides is 2. The van der Waals surface area contributed by atoms with Gasteiger partial charge in [0.2, 0.25) is 5.91 Å². The van der Waals surface area contributed by atoms with Gasteiger partial charge in [-0.05, 0) is 37.5 Å². The van der Waals surface area contributed by atoms with Crippen molar-refractivity contribution in [3.63, 3.8) is 0 Å². The molecule has 0 N–H and O–H groups in total. The van der Waals surface area contributed by atoms with Gasteiger partial charge in [0.1, 0.15) is 0 Å². The zero-order chi connectivity index (χ0) is 28.8. The van der Waals surface area contributed by atoms with Gasteiger partial charge in [0.15, 0.2) is 11.5 Å². The number of methoxy groups -OCH3 is 2. The Morgan fingerprint density at radius 1 is 1.00 bits per heavy atom. The summed E-state index contributed by atoms with van der Waals surface area (Å²) >= 11 is 0. The van der Waals surface area contributed by atoms with Gasteiger partial charge < -0.3 is 19.1 Å². The first kappa shape index (κ1) is 28.4. The van der Waals surface area contributed by atoms with E-state index in [1.165, 1.54) is 26.4 Å². The summed E-state index contributed by atoms with van der Waals surface area (Å²) in [5, 5.41) is 11.1. The van der Waals surface area contributed by atoms with Crippen LogP contribution in [0.4, 0.5) is 16.2 Å². The number of nitro groups is 1. The van der Waals surface area contributed by atoms with E-state index in [0.29, 0.717) is 35.7 Å². The average molecular weight is 548 g/mol. The molecule has 0 radical (unpaired) electrons. The lowest BCUT2D eigenvalue weighted by atomic mass is 9.89. The van der Waals surface area contributed by atoms with Crippen LogP contribution in [0.5, 0.6) is 11.5 Å². The fourth-order valence-corrected chi connectivity index (χ4v) is 5.08. The second-order valence-electron chi connectivity index (χ2n) is 9.54. The first-order chi connectivity index (χ1) is 19.3. The van der Waals surface area contributed by atoms with E-state index >= 15 is 0 Å². The van der Waals surface area contributed by atoms with Gasteiger partial charge in [0, 0.05) is 36.3 Å². The minimum absolute atomic E-state index is 0.0347. The topological polar surface area (TPSA) is 111 Å². The Bertz CT molecular complexity index is 1360. The first-order valence-corrected chi connectivity index (χ1v) is 13.1. The Balaban J connectivity index is 1.79. The summed E-state index contributed by atoms with van der Waals surface area (Å²) in [6.07, 6.45) is 0.0359. The predicted octanol–water partition coefficient (Wildman–Crippen LogP) is 5.68. The molecule has 1 aliphatic rings. The van der Waals surface area contributed by atoms with Crippen LogP contribution >= 0.6 is 0 Å². The molecule has 10 nitrogen and oxygen atoms in total. The van der Waals surface area contributed by atoms with Crippen LogP contribution < -0.4 is 14.4 Å². The second-order valence-corrected chi connectivity index (χ2v) is 9.54. The van der Waals surface area contributed by atoms with Crippen LogP contribution in [0.15, 0.2) is 66.7 Å². The summed E-state index contributed by atoms with van der Waals surface area (Å²) < 4.78 is 16.5. The van der Waals surface area contributed by atoms with Gasteiger partial charge in [0.05, 0.1) is 43.9 Å². The van der Waals surface area contributed by atoms with Crippen LogP contribution in [0.2, 0.25) is 0 Å². The summed E-state index contributed by atoms with van der Waals surface area (Å²) in [5.74, 6) is 0.780. The van der Waals surface area contributed by atoms with Crippen molar-refractivity contribution in [3.05, 3.63) is 93.5 Å². The largest absolute Gasteiger partial charge is 0.493 e. The molecule has 0 saturated heterocycles. The number of rotatable bonds is 9. The van der Waals surface area contributed by atoms with Crippen LogP contribution in [0.3, 0.4) is 0 Å². The zero-order valence-corrected chi connectivity index (χ0v) is 23.0. The fraction of sp³-hybridized carbons (Fsp3) is 0.333. The number of benzene rings is 3. The highest BCUT2D eigenvalue weighted by atomic mass is 16.6. The molecule has 2 amide bonds. The molecule has 3 aromatic rings. The van der Waals surface area contributed by atoms with Crippen molar-refractivity contribution in [1.82, 2.24) is 4.90 Å². The summed E-state index contributed by atoms with van der Waals surface area (Å²) in [4.78, 5) is 41.0. The van der Waals surface area contributed by atoms with E-state index in [1.807, 2.05) is 43.3 Å². The van der Waals surface area contributed by atoms with Crippen molar-refractivity contribution >= 4 is 23.4 Å². The molecule has 0 saturated carbocycles. The highest BCUT2D eigenvalue weighted by Crippen LogP contribution is 2.46. The number of non-ortho nitro benzene ring substituents is 1. The number of fused-ring (bicyclic) bond motifs is 1. The average Bonchev–Trinajstić information content (AvgIpc) is 2.95. The quantitative estimate of drug-likeness (QED) is 0.250. The molecule has 40 heavy (non-hydrogen) atoms. The lowest BCUT2D eigenvalue weighted by Crippen LogP contribution is -2.48. The number of ether oxygens (including phenoxy) is 3. The summed E-state index contributed by atoms with van der Waals surface area (Å²) in [5.41, 5.74) is 2.89. The Kier molecular flexibility index (Phi) is 8.88. The lowest BCUT2D eigenvalue weighted by Gasteiger charge is -2.43. The SMILES string of the molecule is CCOC(=O)N1c2cc(OC)c(OC)cc2C(N(Cc2ccccc2)C(=O)Cc2ccc([N+](=O)[O-])cc2)CC1C. The minimum Gasteiger partial charge on any atom is -0.493 e. The maximum absolute atomic E-state index is 14.0. The van der Waals surface area contributed by atoms with Crippen LogP contribution in [0, 0.1) is 10.1 Å². The standard InChI is InChI=1S/C30H33N3O7/c1-5-40-30(35)32-20(2)15-25(24-17-27(38-3)28(39-4)18-26(24)32)31(19-22-9-7-6-8-10-22)29(34)16-21-11-13-23(14-12-21)33(36)37/h6-14,17-18,20,25H,5,15-16,19H2,1-4H3. The van der Waals surface area contributed by atoms with E-state index in [1.54, 1.807) is 34.9 Å². The van der Waals surface area contributed by atoms with Crippen LogP contribution in [-0.4, -0.2) is 48.7 Å².